The molecule has 164 valence electrons. The van der Waals surface area contributed by atoms with E-state index in [9.17, 15) is 13.2 Å². The third-order valence-corrected chi connectivity index (χ3v) is 7.17. The number of fused-ring (bicyclic) bond motifs is 1. The van der Waals surface area contributed by atoms with E-state index in [4.69, 9.17) is 4.74 Å². The van der Waals surface area contributed by atoms with Crippen LogP contribution < -0.4 is 15.0 Å². The minimum atomic E-state index is -3.86. The summed E-state index contributed by atoms with van der Waals surface area (Å²) >= 11 is 1.08. The van der Waals surface area contributed by atoms with Gasteiger partial charge in [-0.3, -0.25) is 4.79 Å². The summed E-state index contributed by atoms with van der Waals surface area (Å²) in [5.74, 6) is 0.237. The number of sulfonamides is 1. The van der Waals surface area contributed by atoms with Crippen molar-refractivity contribution < 1.29 is 17.9 Å². The summed E-state index contributed by atoms with van der Waals surface area (Å²) < 4.78 is 34.8. The van der Waals surface area contributed by atoms with Crippen LogP contribution in [0.15, 0.2) is 88.2 Å². The number of thioether (sulfide) groups is 1. The zero-order chi connectivity index (χ0) is 22.6. The van der Waals surface area contributed by atoms with Gasteiger partial charge in [-0.2, -0.15) is 8.42 Å². The Morgan fingerprint density at radius 3 is 2.47 bits per heavy atom. The summed E-state index contributed by atoms with van der Waals surface area (Å²) in [6, 6.07) is 23.5. The molecule has 3 aromatic rings. The van der Waals surface area contributed by atoms with E-state index in [0.29, 0.717) is 23.7 Å². The number of nitrogens with one attached hydrogen (secondary N) is 1. The number of nitrogens with zero attached hydrogens (tertiary/aromatic N) is 2. The molecule has 0 saturated heterocycles. The topological polar surface area (TPSA) is 88.1 Å². The van der Waals surface area contributed by atoms with Crippen LogP contribution in [0.5, 0.6) is 5.75 Å². The van der Waals surface area contributed by atoms with Crippen LogP contribution >= 0.6 is 11.8 Å². The number of ether oxygens (including phenoxy) is 1. The molecule has 1 aliphatic rings. The van der Waals surface area contributed by atoms with Gasteiger partial charge in [0.25, 0.3) is 10.0 Å². The van der Waals surface area contributed by atoms with Crippen LogP contribution in [-0.4, -0.2) is 32.4 Å². The molecular weight excluding hydrogens is 446 g/mol. The van der Waals surface area contributed by atoms with E-state index < -0.39 is 10.0 Å². The summed E-state index contributed by atoms with van der Waals surface area (Å²) in [6.45, 7) is 0.424. The average molecular weight is 468 g/mol. The first-order chi connectivity index (χ1) is 15.5. The molecule has 7 nitrogen and oxygen atoms in total. The van der Waals surface area contributed by atoms with Gasteiger partial charge in [0.15, 0.2) is 5.17 Å². The molecule has 0 spiro atoms. The van der Waals surface area contributed by atoms with Gasteiger partial charge < -0.3 is 15.0 Å². The third-order valence-electron chi connectivity index (χ3n) is 4.76. The fraction of sp³-hybridized carbons (Fsp3) is 0.130. The standard InChI is InChI=1S/C23H21N3O4S2/c1-30-20-13-7-5-11-18(20)24-22(27)16-31-23-25-32(28,29)21-14-8-6-12-19(21)26(23)15-17-9-3-2-4-10-17/h2-14H,15-16H2,1H3,(H,24,27). The van der Waals surface area contributed by atoms with E-state index in [0.717, 1.165) is 17.3 Å². The summed E-state index contributed by atoms with van der Waals surface area (Å²) in [4.78, 5) is 14.6. The van der Waals surface area contributed by atoms with Gasteiger partial charge in [0.05, 0.1) is 30.8 Å². The first kappa shape index (κ1) is 21.9. The second kappa shape index (κ2) is 9.46. The van der Waals surface area contributed by atoms with Crippen molar-refractivity contribution in [1.29, 1.82) is 0 Å². The Kier molecular flexibility index (Phi) is 6.48. The second-order valence-corrected chi connectivity index (χ2v) is 9.44. The van der Waals surface area contributed by atoms with Crippen LogP contribution in [-0.2, 0) is 21.4 Å². The van der Waals surface area contributed by atoms with Crippen molar-refractivity contribution in [2.45, 2.75) is 11.4 Å². The van der Waals surface area contributed by atoms with Crippen molar-refractivity contribution in [2.24, 2.45) is 4.40 Å². The Hall–Kier alpha value is -3.30. The molecule has 0 atom stereocenters. The molecule has 0 fully saturated rings. The zero-order valence-corrected chi connectivity index (χ0v) is 18.9. The van der Waals surface area contributed by atoms with Gasteiger partial charge in [-0.25, -0.2) is 0 Å². The van der Waals surface area contributed by atoms with Crippen LogP contribution in [0.3, 0.4) is 0 Å². The largest absolute Gasteiger partial charge is 0.495 e. The van der Waals surface area contributed by atoms with Gasteiger partial charge in [-0.05, 0) is 29.8 Å². The van der Waals surface area contributed by atoms with E-state index in [1.54, 1.807) is 42.5 Å². The van der Waals surface area contributed by atoms with Gasteiger partial charge in [-0.15, -0.1) is 4.40 Å². The molecule has 0 unspecified atom stereocenters. The van der Waals surface area contributed by atoms with Crippen LogP contribution in [0.4, 0.5) is 11.4 Å². The number of rotatable bonds is 6. The quantitative estimate of drug-likeness (QED) is 0.586. The molecule has 0 aromatic heterocycles. The number of hydrogen-bond acceptors (Lipinski definition) is 6. The lowest BCUT2D eigenvalue weighted by Crippen LogP contribution is -2.34. The molecule has 1 N–H and O–H groups in total. The smallest absolute Gasteiger partial charge is 0.286 e. The lowest BCUT2D eigenvalue weighted by atomic mass is 10.2. The molecule has 9 heteroatoms. The van der Waals surface area contributed by atoms with Crippen molar-refractivity contribution in [2.75, 3.05) is 23.1 Å². The highest BCUT2D eigenvalue weighted by Gasteiger charge is 2.31. The molecule has 4 rings (SSSR count). The lowest BCUT2D eigenvalue weighted by molar-refractivity contribution is -0.113. The molecule has 1 heterocycles. The first-order valence-corrected chi connectivity index (χ1v) is 12.2. The van der Waals surface area contributed by atoms with Gasteiger partial charge >= 0.3 is 0 Å². The predicted octanol–water partition coefficient (Wildman–Crippen LogP) is 4.13. The molecule has 3 aromatic carbocycles. The Bertz CT molecular complexity index is 1260. The molecule has 1 amide bonds. The van der Waals surface area contributed by atoms with E-state index in [2.05, 4.69) is 9.71 Å². The number of amides is 1. The summed E-state index contributed by atoms with van der Waals surface area (Å²) in [5.41, 5.74) is 2.08. The monoisotopic (exact) mass is 467 g/mol. The number of methoxy groups -OCH3 is 1. The summed E-state index contributed by atoms with van der Waals surface area (Å²) in [5, 5.41) is 3.05. The van der Waals surface area contributed by atoms with Crippen molar-refractivity contribution in [3.63, 3.8) is 0 Å². The second-order valence-electron chi connectivity index (χ2n) is 6.93. The summed E-state index contributed by atoms with van der Waals surface area (Å²) in [6.07, 6.45) is 0. The third kappa shape index (κ3) is 4.79. The minimum absolute atomic E-state index is 0.0140. The van der Waals surface area contributed by atoms with E-state index in [-0.39, 0.29) is 21.7 Å². The molecule has 0 saturated carbocycles. The number of carbonyl (C=O) groups is 1. The Balaban J connectivity index is 1.57. The number of anilines is 2. The number of carbonyl (C=O) groups excluding carboxylic acids is 1. The van der Waals surface area contributed by atoms with Crippen molar-refractivity contribution in [1.82, 2.24) is 0 Å². The normalized spacial score (nSPS) is 14.3. The highest BCUT2D eigenvalue weighted by atomic mass is 32.2. The highest BCUT2D eigenvalue weighted by Crippen LogP contribution is 2.35. The first-order valence-electron chi connectivity index (χ1n) is 9.79. The highest BCUT2D eigenvalue weighted by molar-refractivity contribution is 8.15. The molecular formula is C23H21N3O4S2. The Morgan fingerprint density at radius 2 is 1.69 bits per heavy atom. The zero-order valence-electron chi connectivity index (χ0n) is 17.3. The van der Waals surface area contributed by atoms with E-state index in [1.807, 2.05) is 41.3 Å². The molecule has 0 radical (unpaired) electrons. The SMILES string of the molecule is COc1ccccc1NC(=O)CSC1=NS(=O)(=O)c2ccccc2N1Cc1ccccc1. The maximum Gasteiger partial charge on any atom is 0.286 e. The van der Waals surface area contributed by atoms with Gasteiger partial charge in [0, 0.05) is 0 Å². The van der Waals surface area contributed by atoms with Crippen molar-refractivity contribution >= 4 is 44.2 Å². The lowest BCUT2D eigenvalue weighted by Gasteiger charge is -2.30. The Morgan fingerprint density at radius 1 is 1.00 bits per heavy atom. The van der Waals surface area contributed by atoms with Gasteiger partial charge in [-0.1, -0.05) is 66.4 Å². The van der Waals surface area contributed by atoms with Crippen LogP contribution in [0, 0.1) is 0 Å². The minimum Gasteiger partial charge on any atom is -0.495 e. The van der Waals surface area contributed by atoms with Crippen LogP contribution in [0.2, 0.25) is 0 Å². The predicted molar refractivity (Wildman–Crippen MR) is 128 cm³/mol. The van der Waals surface area contributed by atoms with E-state index in [1.165, 1.54) is 7.11 Å². The van der Waals surface area contributed by atoms with Gasteiger partial charge in [0.1, 0.15) is 10.6 Å². The fourth-order valence-electron chi connectivity index (χ4n) is 3.29. The molecule has 32 heavy (non-hydrogen) atoms. The fourth-order valence-corrected chi connectivity index (χ4v) is 5.54. The molecule has 1 aliphatic heterocycles. The maximum absolute atomic E-state index is 12.8. The average Bonchev–Trinajstić information content (AvgIpc) is 2.81. The Labute approximate surface area is 191 Å². The van der Waals surface area contributed by atoms with Crippen LogP contribution in [0.25, 0.3) is 0 Å². The van der Waals surface area contributed by atoms with E-state index >= 15 is 0 Å². The number of para-hydroxylation sites is 3. The van der Waals surface area contributed by atoms with Crippen LogP contribution in [0.1, 0.15) is 5.56 Å². The van der Waals surface area contributed by atoms with Gasteiger partial charge in [0.2, 0.25) is 5.91 Å². The molecule has 0 aliphatic carbocycles. The van der Waals surface area contributed by atoms with Crippen molar-refractivity contribution in [3.05, 3.63) is 84.4 Å². The number of amidine groups is 1. The van der Waals surface area contributed by atoms with Crippen molar-refractivity contribution in [3.8, 4) is 5.75 Å². The molecule has 0 bridgehead atoms. The number of benzene rings is 3. The number of hydrogen-bond donors (Lipinski definition) is 1. The maximum atomic E-state index is 12.8. The summed E-state index contributed by atoms with van der Waals surface area (Å²) in [7, 11) is -2.33.